The number of thiocarbonyl (C=S) groups is 1. The molecule has 2 aliphatic rings. The summed E-state index contributed by atoms with van der Waals surface area (Å²) in [5, 5.41) is 7.16. The highest BCUT2D eigenvalue weighted by Crippen LogP contribution is 2.45. The predicted molar refractivity (Wildman–Crippen MR) is 159 cm³/mol. The Kier molecular flexibility index (Phi) is 6.67. The summed E-state index contributed by atoms with van der Waals surface area (Å²) in [6.45, 7) is 8.32. The van der Waals surface area contributed by atoms with E-state index in [1.165, 1.54) is 0 Å². The van der Waals surface area contributed by atoms with Gasteiger partial charge in [-0.25, -0.2) is 0 Å². The minimum Gasteiger partial charge on any atom is -0.454 e. The monoisotopic (exact) mass is 553 g/mol. The van der Waals surface area contributed by atoms with Crippen LogP contribution in [-0.2, 0) is 4.79 Å². The Morgan fingerprint density at radius 1 is 1.05 bits per heavy atom. The van der Waals surface area contributed by atoms with Gasteiger partial charge >= 0.3 is 0 Å². The van der Waals surface area contributed by atoms with E-state index in [9.17, 15) is 4.79 Å². The Hall–Kier alpha value is -4.37. The quantitative estimate of drug-likeness (QED) is 0.281. The van der Waals surface area contributed by atoms with Gasteiger partial charge in [0, 0.05) is 47.1 Å². The SMILES string of the molecule is CCC(=O)Nc1ccc(N2C(=S)N[C@@H](c3ccccn3)[C@H]2c2cc(C)n(-c3ccc4c(c3)OCO4)c2C)cc1C. The molecule has 0 unspecified atom stereocenters. The first-order valence-electron chi connectivity index (χ1n) is 13.4. The summed E-state index contributed by atoms with van der Waals surface area (Å²) in [6, 6.07) is 19.9. The number of aryl methyl sites for hydroxylation is 2. The fourth-order valence-electron chi connectivity index (χ4n) is 5.63. The van der Waals surface area contributed by atoms with Crippen molar-refractivity contribution in [2.45, 2.75) is 46.2 Å². The van der Waals surface area contributed by atoms with Gasteiger partial charge < -0.3 is 29.6 Å². The van der Waals surface area contributed by atoms with Crippen LogP contribution in [0.25, 0.3) is 5.69 Å². The highest BCUT2D eigenvalue weighted by atomic mass is 32.1. The second kappa shape index (κ2) is 10.3. The van der Waals surface area contributed by atoms with Gasteiger partial charge in [-0.2, -0.15) is 0 Å². The third-order valence-corrected chi connectivity index (χ3v) is 7.90. The Labute approximate surface area is 238 Å². The molecule has 0 spiro atoms. The van der Waals surface area contributed by atoms with Crippen molar-refractivity contribution in [1.29, 1.82) is 0 Å². The number of nitrogens with one attached hydrogen (secondary N) is 2. The molecule has 40 heavy (non-hydrogen) atoms. The molecule has 4 heterocycles. The standard InChI is InChI=1S/C31H31N5O3S/c1-5-28(37)33-24-11-9-21(14-18(24)2)36-30(29(34-31(36)40)25-8-6-7-13-32-25)23-15-19(3)35(20(23)4)22-10-12-26-27(16-22)39-17-38-26/h6-16,29-30H,5,17H2,1-4H3,(H,33,37)(H,34,40)/t29-,30+/m0/s1. The van der Waals surface area contributed by atoms with Crippen molar-refractivity contribution in [3.05, 3.63) is 95.1 Å². The molecule has 0 bridgehead atoms. The van der Waals surface area contributed by atoms with E-state index in [4.69, 9.17) is 26.7 Å². The maximum atomic E-state index is 12.0. The number of aromatic nitrogens is 2. The number of pyridine rings is 1. The van der Waals surface area contributed by atoms with E-state index in [0.29, 0.717) is 11.5 Å². The molecule has 0 aliphatic carbocycles. The molecular formula is C31H31N5O3S. The van der Waals surface area contributed by atoms with Crippen LogP contribution in [0.2, 0.25) is 0 Å². The van der Waals surface area contributed by atoms with Crippen molar-refractivity contribution in [2.75, 3.05) is 17.0 Å². The Bertz CT molecular complexity index is 1620. The van der Waals surface area contributed by atoms with Gasteiger partial charge in [-0.15, -0.1) is 0 Å². The van der Waals surface area contributed by atoms with Crippen molar-refractivity contribution in [3.63, 3.8) is 0 Å². The molecule has 9 heteroatoms. The first-order chi connectivity index (χ1) is 19.4. The lowest BCUT2D eigenvalue weighted by atomic mass is 9.96. The molecule has 1 fully saturated rings. The number of ether oxygens (including phenoxy) is 2. The van der Waals surface area contributed by atoms with Crippen LogP contribution in [0, 0.1) is 20.8 Å². The summed E-state index contributed by atoms with van der Waals surface area (Å²) in [4.78, 5) is 18.9. The number of hydrogen-bond acceptors (Lipinski definition) is 5. The zero-order valence-electron chi connectivity index (χ0n) is 22.9. The Balaban J connectivity index is 1.46. The number of anilines is 2. The van der Waals surface area contributed by atoms with E-state index in [2.05, 4.69) is 52.1 Å². The number of fused-ring (bicyclic) bond motifs is 1. The summed E-state index contributed by atoms with van der Waals surface area (Å²) in [7, 11) is 0. The number of rotatable bonds is 6. The zero-order valence-corrected chi connectivity index (χ0v) is 23.7. The van der Waals surface area contributed by atoms with Gasteiger partial charge in [0.15, 0.2) is 16.6 Å². The molecule has 204 valence electrons. The molecule has 1 saturated heterocycles. The van der Waals surface area contributed by atoms with Crippen molar-refractivity contribution in [2.24, 2.45) is 0 Å². The lowest BCUT2D eigenvalue weighted by molar-refractivity contribution is -0.115. The predicted octanol–water partition coefficient (Wildman–Crippen LogP) is 6.05. The minimum atomic E-state index is -0.167. The second-order valence-corrected chi connectivity index (χ2v) is 10.5. The maximum absolute atomic E-state index is 12.0. The van der Waals surface area contributed by atoms with Crippen LogP contribution < -0.4 is 25.0 Å². The van der Waals surface area contributed by atoms with Gasteiger partial charge in [-0.3, -0.25) is 9.78 Å². The van der Waals surface area contributed by atoms with Crippen LogP contribution in [-0.4, -0.2) is 27.4 Å². The van der Waals surface area contributed by atoms with Crippen molar-refractivity contribution < 1.29 is 14.3 Å². The molecule has 2 aromatic carbocycles. The third kappa shape index (κ3) is 4.46. The Morgan fingerprint density at radius 2 is 1.85 bits per heavy atom. The molecule has 2 aromatic heterocycles. The highest BCUT2D eigenvalue weighted by Gasteiger charge is 2.42. The van der Waals surface area contributed by atoms with E-state index in [-0.39, 0.29) is 24.8 Å². The number of carbonyl (C=O) groups excluding carboxylic acids is 1. The summed E-state index contributed by atoms with van der Waals surface area (Å²) in [5.74, 6) is 1.49. The Morgan fingerprint density at radius 3 is 2.60 bits per heavy atom. The van der Waals surface area contributed by atoms with Crippen LogP contribution in [0.1, 0.15) is 53.6 Å². The van der Waals surface area contributed by atoms with Crippen LogP contribution in [0.5, 0.6) is 11.5 Å². The molecule has 6 rings (SSSR count). The number of amides is 1. The fraction of sp³-hybridized carbons (Fsp3) is 0.258. The summed E-state index contributed by atoms with van der Waals surface area (Å²) < 4.78 is 13.4. The fourth-order valence-corrected chi connectivity index (χ4v) is 5.98. The lowest BCUT2D eigenvalue weighted by Gasteiger charge is -2.29. The number of nitrogens with zero attached hydrogens (tertiary/aromatic N) is 3. The topological polar surface area (TPSA) is 80.7 Å². The van der Waals surface area contributed by atoms with Crippen molar-refractivity contribution in [3.8, 4) is 17.2 Å². The van der Waals surface area contributed by atoms with E-state index < -0.39 is 0 Å². The summed E-state index contributed by atoms with van der Waals surface area (Å²) >= 11 is 5.95. The van der Waals surface area contributed by atoms with Gasteiger partial charge in [0.1, 0.15) is 0 Å². The second-order valence-electron chi connectivity index (χ2n) is 10.1. The van der Waals surface area contributed by atoms with Gasteiger partial charge in [0.25, 0.3) is 0 Å². The van der Waals surface area contributed by atoms with Gasteiger partial charge in [0.05, 0.1) is 17.8 Å². The largest absolute Gasteiger partial charge is 0.454 e. The summed E-state index contributed by atoms with van der Waals surface area (Å²) in [6.07, 6.45) is 2.24. The van der Waals surface area contributed by atoms with Gasteiger partial charge in [0.2, 0.25) is 12.7 Å². The first-order valence-corrected chi connectivity index (χ1v) is 13.8. The van der Waals surface area contributed by atoms with Crippen LogP contribution in [0.3, 0.4) is 0 Å². The first kappa shape index (κ1) is 25.9. The van der Waals surface area contributed by atoms with Crippen molar-refractivity contribution >= 4 is 34.6 Å². The molecule has 0 saturated carbocycles. The van der Waals surface area contributed by atoms with Crippen LogP contribution in [0.15, 0.2) is 66.9 Å². The molecule has 1 amide bonds. The van der Waals surface area contributed by atoms with Gasteiger partial charge in [-0.05, 0) is 92.6 Å². The van der Waals surface area contributed by atoms with E-state index in [0.717, 1.165) is 56.8 Å². The molecular weight excluding hydrogens is 522 g/mol. The summed E-state index contributed by atoms with van der Waals surface area (Å²) in [5.41, 5.74) is 7.96. The van der Waals surface area contributed by atoms with E-state index in [1.54, 1.807) is 0 Å². The maximum Gasteiger partial charge on any atom is 0.231 e. The molecule has 0 radical (unpaired) electrons. The minimum absolute atomic E-state index is 0.0155. The molecule has 2 N–H and O–H groups in total. The number of hydrogen-bond donors (Lipinski definition) is 2. The normalized spacial score (nSPS) is 17.7. The molecule has 4 aromatic rings. The molecule has 8 nitrogen and oxygen atoms in total. The highest BCUT2D eigenvalue weighted by molar-refractivity contribution is 7.80. The smallest absolute Gasteiger partial charge is 0.231 e. The molecule has 2 aliphatic heterocycles. The van der Waals surface area contributed by atoms with Crippen LogP contribution in [0.4, 0.5) is 11.4 Å². The van der Waals surface area contributed by atoms with E-state index in [1.807, 2.05) is 62.5 Å². The zero-order chi connectivity index (χ0) is 28.0. The number of benzene rings is 2. The lowest BCUT2D eigenvalue weighted by Crippen LogP contribution is -2.29. The number of carbonyl (C=O) groups is 1. The average molecular weight is 554 g/mol. The third-order valence-electron chi connectivity index (χ3n) is 7.58. The average Bonchev–Trinajstić information content (AvgIpc) is 3.64. The van der Waals surface area contributed by atoms with E-state index >= 15 is 0 Å². The van der Waals surface area contributed by atoms with Crippen LogP contribution >= 0.6 is 12.2 Å². The molecule has 2 atom stereocenters. The van der Waals surface area contributed by atoms with Crippen molar-refractivity contribution in [1.82, 2.24) is 14.9 Å². The van der Waals surface area contributed by atoms with Gasteiger partial charge in [-0.1, -0.05) is 13.0 Å².